The molecule has 16 heavy (non-hydrogen) atoms. The highest BCUT2D eigenvalue weighted by Gasteiger charge is 1.94. The Labute approximate surface area is 96.0 Å². The molecule has 0 radical (unpaired) electrons. The zero-order valence-electron chi connectivity index (χ0n) is 9.40. The number of hydrogen-bond acceptors (Lipinski definition) is 3. The van der Waals surface area contributed by atoms with Gasteiger partial charge in [-0.2, -0.15) is 0 Å². The molecule has 1 aromatic carbocycles. The molecule has 0 spiro atoms. The lowest BCUT2D eigenvalue weighted by Gasteiger charge is -2.03. The molecule has 0 fully saturated rings. The first-order chi connectivity index (χ1) is 7.86. The zero-order valence-corrected chi connectivity index (χ0v) is 9.40. The molecule has 3 nitrogen and oxygen atoms in total. The third-order valence-corrected chi connectivity index (χ3v) is 2.00. The van der Waals surface area contributed by atoms with Gasteiger partial charge in [-0.15, -0.1) is 0 Å². The standard InChI is InChI=1S/C13H16O3/c1-15-13-7-5-12(6-8-13)11-16-10-4-2-3-9-14/h5-8,14H,4,9-11H2,1H3. The minimum Gasteiger partial charge on any atom is -0.497 e. The van der Waals surface area contributed by atoms with Crippen LogP contribution >= 0.6 is 0 Å². The molecule has 0 heterocycles. The molecule has 1 aromatic rings. The van der Waals surface area contributed by atoms with Crippen LogP contribution in [0.3, 0.4) is 0 Å². The van der Waals surface area contributed by atoms with Gasteiger partial charge in [0.1, 0.15) is 12.4 Å². The van der Waals surface area contributed by atoms with Crippen molar-refractivity contribution in [2.45, 2.75) is 13.0 Å². The third kappa shape index (κ3) is 4.83. The van der Waals surface area contributed by atoms with Gasteiger partial charge in [0, 0.05) is 6.42 Å². The topological polar surface area (TPSA) is 38.7 Å². The molecular formula is C13H16O3. The second-order valence-electron chi connectivity index (χ2n) is 3.16. The molecule has 3 heteroatoms. The Morgan fingerprint density at radius 3 is 2.56 bits per heavy atom. The van der Waals surface area contributed by atoms with Crippen LogP contribution in [0.5, 0.6) is 5.75 Å². The number of benzene rings is 1. The Bertz CT molecular complexity index is 346. The number of ether oxygens (including phenoxy) is 2. The Morgan fingerprint density at radius 2 is 1.94 bits per heavy atom. The smallest absolute Gasteiger partial charge is 0.118 e. The normalized spacial score (nSPS) is 9.38. The molecule has 0 saturated carbocycles. The van der Waals surface area contributed by atoms with E-state index in [2.05, 4.69) is 11.8 Å². The molecule has 0 aliphatic rings. The van der Waals surface area contributed by atoms with E-state index in [1.165, 1.54) is 0 Å². The lowest BCUT2D eigenvalue weighted by molar-refractivity contribution is 0.126. The van der Waals surface area contributed by atoms with E-state index in [1.54, 1.807) is 7.11 Å². The van der Waals surface area contributed by atoms with Crippen LogP contribution in [0.15, 0.2) is 24.3 Å². The fraction of sp³-hybridized carbons (Fsp3) is 0.385. The van der Waals surface area contributed by atoms with Gasteiger partial charge < -0.3 is 14.6 Å². The molecule has 0 atom stereocenters. The second-order valence-corrected chi connectivity index (χ2v) is 3.16. The maximum atomic E-state index is 8.42. The van der Waals surface area contributed by atoms with E-state index in [0.29, 0.717) is 19.6 Å². The van der Waals surface area contributed by atoms with Gasteiger partial charge in [-0.05, 0) is 17.7 Å². The van der Waals surface area contributed by atoms with Gasteiger partial charge >= 0.3 is 0 Å². The summed E-state index contributed by atoms with van der Waals surface area (Å²) in [5, 5.41) is 8.42. The molecule has 1 rings (SSSR count). The largest absolute Gasteiger partial charge is 0.497 e. The summed E-state index contributed by atoms with van der Waals surface area (Å²) in [5.74, 6) is 6.21. The monoisotopic (exact) mass is 220 g/mol. The Kier molecular flexibility index (Phi) is 6.09. The van der Waals surface area contributed by atoms with Gasteiger partial charge in [0.25, 0.3) is 0 Å². The second kappa shape index (κ2) is 7.75. The van der Waals surface area contributed by atoms with Crippen LogP contribution in [0.2, 0.25) is 0 Å². The SMILES string of the molecule is COc1ccc(COCCC#CCO)cc1. The lowest BCUT2D eigenvalue weighted by atomic mass is 10.2. The minimum atomic E-state index is -0.0848. The summed E-state index contributed by atoms with van der Waals surface area (Å²) in [7, 11) is 1.64. The maximum absolute atomic E-state index is 8.42. The van der Waals surface area contributed by atoms with Crippen LogP contribution in [0.1, 0.15) is 12.0 Å². The van der Waals surface area contributed by atoms with Crippen molar-refractivity contribution < 1.29 is 14.6 Å². The van der Waals surface area contributed by atoms with E-state index >= 15 is 0 Å². The predicted octanol–water partition coefficient (Wildman–Crippen LogP) is 1.60. The van der Waals surface area contributed by atoms with Gasteiger partial charge in [0.15, 0.2) is 0 Å². The number of aliphatic hydroxyl groups is 1. The van der Waals surface area contributed by atoms with Crippen molar-refractivity contribution in [1.29, 1.82) is 0 Å². The molecule has 0 unspecified atom stereocenters. The highest BCUT2D eigenvalue weighted by Crippen LogP contribution is 2.11. The molecule has 0 amide bonds. The number of aliphatic hydroxyl groups excluding tert-OH is 1. The van der Waals surface area contributed by atoms with E-state index in [9.17, 15) is 0 Å². The van der Waals surface area contributed by atoms with Crippen LogP contribution in [-0.2, 0) is 11.3 Å². The van der Waals surface area contributed by atoms with Crippen LogP contribution in [-0.4, -0.2) is 25.4 Å². The van der Waals surface area contributed by atoms with Gasteiger partial charge in [-0.1, -0.05) is 24.0 Å². The number of methoxy groups -OCH3 is 1. The summed E-state index contributed by atoms with van der Waals surface area (Å²) < 4.78 is 10.5. The van der Waals surface area contributed by atoms with Gasteiger partial charge in [-0.3, -0.25) is 0 Å². The Morgan fingerprint density at radius 1 is 1.19 bits per heavy atom. The average molecular weight is 220 g/mol. The van der Waals surface area contributed by atoms with E-state index in [1.807, 2.05) is 24.3 Å². The van der Waals surface area contributed by atoms with Crippen molar-refractivity contribution in [2.75, 3.05) is 20.3 Å². The Hall–Kier alpha value is -1.50. The van der Waals surface area contributed by atoms with Crippen molar-refractivity contribution in [3.05, 3.63) is 29.8 Å². The molecule has 0 aliphatic carbocycles. The molecular weight excluding hydrogens is 204 g/mol. The van der Waals surface area contributed by atoms with Crippen LogP contribution in [0.25, 0.3) is 0 Å². The molecule has 0 aromatic heterocycles. The summed E-state index contributed by atoms with van der Waals surface area (Å²) in [6.45, 7) is 1.07. The van der Waals surface area contributed by atoms with Crippen molar-refractivity contribution in [3.63, 3.8) is 0 Å². The van der Waals surface area contributed by atoms with Crippen LogP contribution < -0.4 is 4.74 Å². The first-order valence-electron chi connectivity index (χ1n) is 5.14. The molecule has 0 saturated heterocycles. The highest BCUT2D eigenvalue weighted by atomic mass is 16.5. The van der Waals surface area contributed by atoms with Crippen LogP contribution in [0, 0.1) is 11.8 Å². The first kappa shape index (κ1) is 12.6. The quantitative estimate of drug-likeness (QED) is 0.605. The Balaban J connectivity index is 2.21. The van der Waals surface area contributed by atoms with E-state index in [0.717, 1.165) is 11.3 Å². The summed E-state index contributed by atoms with van der Waals surface area (Å²) in [5.41, 5.74) is 1.11. The van der Waals surface area contributed by atoms with Crippen LogP contribution in [0.4, 0.5) is 0 Å². The lowest BCUT2D eigenvalue weighted by Crippen LogP contribution is -1.94. The first-order valence-corrected chi connectivity index (χ1v) is 5.14. The molecule has 0 aliphatic heterocycles. The zero-order chi connectivity index (χ0) is 11.6. The summed E-state index contributed by atoms with van der Waals surface area (Å²) in [4.78, 5) is 0. The van der Waals surface area contributed by atoms with Crippen molar-refractivity contribution >= 4 is 0 Å². The van der Waals surface area contributed by atoms with Gasteiger partial charge in [0.2, 0.25) is 0 Å². The van der Waals surface area contributed by atoms with Crippen molar-refractivity contribution in [1.82, 2.24) is 0 Å². The third-order valence-electron chi connectivity index (χ3n) is 2.00. The highest BCUT2D eigenvalue weighted by molar-refractivity contribution is 5.26. The summed E-state index contributed by atoms with van der Waals surface area (Å²) in [6.07, 6.45) is 0.650. The fourth-order valence-electron chi connectivity index (χ4n) is 1.18. The van der Waals surface area contributed by atoms with Gasteiger partial charge in [0.05, 0.1) is 20.3 Å². The molecule has 86 valence electrons. The van der Waals surface area contributed by atoms with Crippen molar-refractivity contribution in [2.24, 2.45) is 0 Å². The predicted molar refractivity (Wildman–Crippen MR) is 62.1 cm³/mol. The van der Waals surface area contributed by atoms with E-state index < -0.39 is 0 Å². The van der Waals surface area contributed by atoms with Crippen molar-refractivity contribution in [3.8, 4) is 17.6 Å². The molecule has 1 N–H and O–H groups in total. The van der Waals surface area contributed by atoms with Gasteiger partial charge in [-0.25, -0.2) is 0 Å². The summed E-state index contributed by atoms with van der Waals surface area (Å²) in [6, 6.07) is 7.75. The van der Waals surface area contributed by atoms with E-state index in [4.69, 9.17) is 14.6 Å². The average Bonchev–Trinajstić information content (AvgIpc) is 2.34. The number of hydrogen-bond donors (Lipinski definition) is 1. The fourth-order valence-corrected chi connectivity index (χ4v) is 1.18. The minimum absolute atomic E-state index is 0.0848. The number of rotatable bonds is 5. The summed E-state index contributed by atoms with van der Waals surface area (Å²) >= 11 is 0. The molecule has 0 bridgehead atoms. The maximum Gasteiger partial charge on any atom is 0.118 e. The van der Waals surface area contributed by atoms with E-state index in [-0.39, 0.29) is 6.61 Å².